The first kappa shape index (κ1) is 19.7. The molecule has 7 heteroatoms. The van der Waals surface area contributed by atoms with Crippen molar-refractivity contribution in [2.75, 3.05) is 38.1 Å². The Balaban J connectivity index is 1.89. The zero-order chi connectivity index (χ0) is 21.3. The predicted molar refractivity (Wildman–Crippen MR) is 112 cm³/mol. The molecule has 2 aromatic carbocycles. The molecule has 1 saturated heterocycles. The van der Waals surface area contributed by atoms with Crippen LogP contribution in [0.5, 0.6) is 0 Å². The number of likely N-dealkylation sites (N-methyl/N-ethyl adjacent to an activating group) is 1. The lowest BCUT2D eigenvalue weighted by Gasteiger charge is -2.34. The van der Waals surface area contributed by atoms with E-state index in [1.165, 1.54) is 12.1 Å². The summed E-state index contributed by atoms with van der Waals surface area (Å²) in [6, 6.07) is 15.5. The number of nitriles is 1. The van der Waals surface area contributed by atoms with Crippen molar-refractivity contribution in [3.8, 4) is 28.3 Å². The fourth-order valence-corrected chi connectivity index (χ4v) is 3.76. The first-order valence-corrected chi connectivity index (χ1v) is 9.64. The average molecular weight is 404 g/mol. The molecule has 1 aliphatic rings. The largest absolute Gasteiger partial charge is 0.440 e. The second-order valence-electron chi connectivity index (χ2n) is 7.33. The molecule has 0 atom stereocenters. The van der Waals surface area contributed by atoms with Gasteiger partial charge in [0.05, 0.1) is 0 Å². The minimum Gasteiger partial charge on any atom is -0.440 e. The highest BCUT2D eigenvalue weighted by atomic mass is 19.1. The molecule has 0 saturated carbocycles. The Kier molecular flexibility index (Phi) is 5.25. The molecule has 0 spiro atoms. The van der Waals surface area contributed by atoms with Crippen LogP contribution >= 0.6 is 0 Å². The van der Waals surface area contributed by atoms with E-state index >= 15 is 0 Å². The van der Waals surface area contributed by atoms with E-state index < -0.39 is 5.91 Å². The molecule has 30 heavy (non-hydrogen) atoms. The lowest BCUT2D eigenvalue weighted by atomic mass is 9.93. The molecule has 0 unspecified atom stereocenters. The number of furan rings is 1. The third-order valence-corrected chi connectivity index (χ3v) is 5.39. The van der Waals surface area contributed by atoms with Crippen LogP contribution in [-0.2, 0) is 0 Å². The lowest BCUT2D eigenvalue weighted by molar-refractivity contribution is 0.0974. The number of piperazine rings is 1. The van der Waals surface area contributed by atoms with Crippen LogP contribution in [0.2, 0.25) is 0 Å². The second kappa shape index (κ2) is 8.01. The molecule has 152 valence electrons. The van der Waals surface area contributed by atoms with Gasteiger partial charge in [-0.05, 0) is 36.4 Å². The molecule has 0 bridgehead atoms. The number of nitrogens with zero attached hydrogens (tertiary/aromatic N) is 3. The van der Waals surface area contributed by atoms with Crippen LogP contribution < -0.4 is 10.6 Å². The maximum Gasteiger partial charge on any atom is 0.285 e. The van der Waals surface area contributed by atoms with E-state index in [-0.39, 0.29) is 17.3 Å². The Morgan fingerprint density at radius 3 is 2.43 bits per heavy atom. The van der Waals surface area contributed by atoms with E-state index in [2.05, 4.69) is 16.8 Å². The number of amides is 1. The number of nitrogens with two attached hydrogens (primary N) is 1. The van der Waals surface area contributed by atoms with Gasteiger partial charge in [0.25, 0.3) is 5.91 Å². The van der Waals surface area contributed by atoms with E-state index in [0.717, 1.165) is 31.9 Å². The molecule has 1 fully saturated rings. The van der Waals surface area contributed by atoms with E-state index in [1.807, 2.05) is 24.3 Å². The molecule has 1 aliphatic heterocycles. The molecule has 1 amide bonds. The van der Waals surface area contributed by atoms with Gasteiger partial charge in [-0.1, -0.05) is 24.3 Å². The number of carbonyl (C=O) groups is 1. The first-order chi connectivity index (χ1) is 14.5. The smallest absolute Gasteiger partial charge is 0.285 e. The van der Waals surface area contributed by atoms with Gasteiger partial charge in [0, 0.05) is 49.1 Å². The van der Waals surface area contributed by atoms with Crippen molar-refractivity contribution in [2.24, 2.45) is 5.73 Å². The van der Waals surface area contributed by atoms with E-state index in [1.54, 1.807) is 18.2 Å². The summed E-state index contributed by atoms with van der Waals surface area (Å²) in [4.78, 5) is 16.4. The normalized spacial score (nSPS) is 14.5. The van der Waals surface area contributed by atoms with E-state index in [4.69, 9.17) is 10.2 Å². The predicted octanol–water partition coefficient (Wildman–Crippen LogP) is 3.48. The van der Waals surface area contributed by atoms with E-state index in [9.17, 15) is 14.4 Å². The topological polar surface area (TPSA) is 86.5 Å². The fraction of sp³-hybridized carbons (Fsp3) is 0.217. The van der Waals surface area contributed by atoms with Crippen LogP contribution in [0.1, 0.15) is 16.3 Å². The maximum absolute atomic E-state index is 14.7. The van der Waals surface area contributed by atoms with Gasteiger partial charge >= 0.3 is 0 Å². The van der Waals surface area contributed by atoms with Crippen molar-refractivity contribution in [1.82, 2.24) is 4.90 Å². The fourth-order valence-electron chi connectivity index (χ4n) is 3.76. The SMILES string of the molecule is CN1CCN(c2ccc(-c3cc(C#N)oc3C(N)=O)c(-c3ccccc3F)c2)CC1. The minimum atomic E-state index is -0.783. The Labute approximate surface area is 173 Å². The van der Waals surface area contributed by atoms with Gasteiger partial charge in [0.15, 0.2) is 0 Å². The summed E-state index contributed by atoms with van der Waals surface area (Å²) >= 11 is 0. The highest BCUT2D eigenvalue weighted by Crippen LogP contribution is 2.39. The summed E-state index contributed by atoms with van der Waals surface area (Å²) in [7, 11) is 2.09. The Morgan fingerprint density at radius 1 is 1.03 bits per heavy atom. The molecule has 3 aromatic rings. The van der Waals surface area contributed by atoms with Crippen molar-refractivity contribution in [3.63, 3.8) is 0 Å². The highest BCUT2D eigenvalue weighted by Gasteiger charge is 2.23. The quantitative estimate of drug-likeness (QED) is 0.720. The molecular formula is C23H21FN4O2. The summed E-state index contributed by atoms with van der Waals surface area (Å²) in [6.45, 7) is 3.61. The zero-order valence-electron chi connectivity index (χ0n) is 16.6. The minimum absolute atomic E-state index is 0.0265. The lowest BCUT2D eigenvalue weighted by Crippen LogP contribution is -2.44. The van der Waals surface area contributed by atoms with Crippen LogP contribution in [-0.4, -0.2) is 44.0 Å². The molecule has 1 aromatic heterocycles. The van der Waals surface area contributed by atoms with Gasteiger partial charge in [-0.15, -0.1) is 0 Å². The third-order valence-electron chi connectivity index (χ3n) is 5.39. The van der Waals surface area contributed by atoms with Crippen LogP contribution in [0.15, 0.2) is 52.9 Å². The monoisotopic (exact) mass is 404 g/mol. The average Bonchev–Trinajstić information content (AvgIpc) is 3.19. The van der Waals surface area contributed by atoms with Crippen LogP contribution in [0, 0.1) is 17.1 Å². The van der Waals surface area contributed by atoms with Crippen LogP contribution in [0.3, 0.4) is 0 Å². The Hall–Kier alpha value is -3.63. The summed E-state index contributed by atoms with van der Waals surface area (Å²) < 4.78 is 20.1. The van der Waals surface area contributed by atoms with Crippen molar-refractivity contribution in [2.45, 2.75) is 0 Å². The number of hydrogen-bond donors (Lipinski definition) is 1. The summed E-state index contributed by atoms with van der Waals surface area (Å²) in [5.74, 6) is -1.30. The van der Waals surface area contributed by atoms with Gasteiger partial charge in [0.2, 0.25) is 11.5 Å². The van der Waals surface area contributed by atoms with Gasteiger partial charge < -0.3 is 20.0 Å². The van der Waals surface area contributed by atoms with Crippen molar-refractivity contribution >= 4 is 11.6 Å². The number of benzene rings is 2. The number of hydrogen-bond acceptors (Lipinski definition) is 5. The summed E-state index contributed by atoms with van der Waals surface area (Å²) in [5.41, 5.74) is 8.40. The molecule has 2 N–H and O–H groups in total. The Morgan fingerprint density at radius 2 is 1.77 bits per heavy atom. The van der Waals surface area contributed by atoms with Crippen molar-refractivity contribution < 1.29 is 13.6 Å². The molecule has 0 aliphatic carbocycles. The van der Waals surface area contributed by atoms with Gasteiger partial charge in [-0.25, -0.2) is 4.39 Å². The number of primary amides is 1. The highest BCUT2D eigenvalue weighted by molar-refractivity contribution is 6.00. The zero-order valence-corrected chi connectivity index (χ0v) is 16.6. The van der Waals surface area contributed by atoms with Gasteiger partial charge in [-0.3, -0.25) is 4.79 Å². The Bertz CT molecular complexity index is 1140. The molecule has 2 heterocycles. The van der Waals surface area contributed by atoms with Gasteiger partial charge in [-0.2, -0.15) is 5.26 Å². The van der Waals surface area contributed by atoms with Crippen LogP contribution in [0.25, 0.3) is 22.3 Å². The first-order valence-electron chi connectivity index (χ1n) is 9.64. The molecule has 4 rings (SSSR count). The summed E-state index contributed by atoms with van der Waals surface area (Å²) in [5, 5.41) is 9.20. The number of carbonyl (C=O) groups excluding carboxylic acids is 1. The molecule has 6 nitrogen and oxygen atoms in total. The number of halogens is 1. The summed E-state index contributed by atoms with van der Waals surface area (Å²) in [6.07, 6.45) is 0. The van der Waals surface area contributed by atoms with Crippen LogP contribution in [0.4, 0.5) is 10.1 Å². The molecule has 0 radical (unpaired) electrons. The number of rotatable bonds is 4. The second-order valence-corrected chi connectivity index (χ2v) is 7.33. The van der Waals surface area contributed by atoms with Crippen molar-refractivity contribution in [3.05, 3.63) is 65.9 Å². The van der Waals surface area contributed by atoms with E-state index in [0.29, 0.717) is 22.3 Å². The number of anilines is 1. The van der Waals surface area contributed by atoms with Crippen molar-refractivity contribution in [1.29, 1.82) is 5.26 Å². The van der Waals surface area contributed by atoms with Gasteiger partial charge in [0.1, 0.15) is 11.9 Å². The molecular weight excluding hydrogens is 383 g/mol. The third kappa shape index (κ3) is 3.65. The maximum atomic E-state index is 14.7. The standard InChI is InChI=1S/C23H21FN4O2/c1-27-8-10-28(11-9-27)15-6-7-17(19(12-15)18-4-2-3-5-21(18)24)20-13-16(14-25)30-22(20)23(26)29/h2-7,12-13H,8-11H2,1H3,(H2,26,29).